The van der Waals surface area contributed by atoms with Crippen LogP contribution in [0.5, 0.6) is 0 Å². The van der Waals surface area contributed by atoms with Gasteiger partial charge in [0.1, 0.15) is 5.82 Å². The van der Waals surface area contributed by atoms with Crippen LogP contribution < -0.4 is 0 Å². The Morgan fingerprint density at radius 1 is 1.48 bits per heavy atom. The predicted octanol–water partition coefficient (Wildman–Crippen LogP) is 1.91. The van der Waals surface area contributed by atoms with Crippen LogP contribution in [0.2, 0.25) is 0 Å². The number of rotatable bonds is 4. The quantitative estimate of drug-likeness (QED) is 0.921. The molecule has 1 N–H and O–H groups in total. The van der Waals surface area contributed by atoms with Gasteiger partial charge in [-0.05, 0) is 31.0 Å². The van der Waals surface area contributed by atoms with E-state index in [9.17, 15) is 14.0 Å². The van der Waals surface area contributed by atoms with Crippen molar-refractivity contribution >= 4 is 11.9 Å². The summed E-state index contributed by atoms with van der Waals surface area (Å²) in [6.07, 6.45) is 1.24. The first kappa shape index (κ1) is 15.4. The molecular weight excluding hydrogens is 277 g/mol. The van der Waals surface area contributed by atoms with E-state index in [1.54, 1.807) is 0 Å². The van der Waals surface area contributed by atoms with Gasteiger partial charge < -0.3 is 14.7 Å². The largest absolute Gasteiger partial charge is 0.481 e. The Kier molecular flexibility index (Phi) is 4.90. The molecule has 0 saturated carbocycles. The number of ether oxygens (including phenoxy) is 1. The highest BCUT2D eigenvalue weighted by atomic mass is 19.1. The van der Waals surface area contributed by atoms with Gasteiger partial charge in [-0.1, -0.05) is 0 Å². The lowest BCUT2D eigenvalue weighted by atomic mass is 9.97. The summed E-state index contributed by atoms with van der Waals surface area (Å²) in [7, 11) is 1.45. The molecule has 6 heteroatoms. The lowest BCUT2D eigenvalue weighted by Crippen LogP contribution is -2.42. The van der Waals surface area contributed by atoms with Gasteiger partial charge in [0.15, 0.2) is 0 Å². The molecule has 0 radical (unpaired) electrons. The standard InChI is InChI=1S/C15H18FNO4/c1-21-9-12-7-10(4-5-13(12)16)14(18)17-6-2-3-11(8-17)15(19)20/h4-5,7,11H,2-3,6,8-9H2,1H3,(H,19,20)/t11-/m1/s1. The van der Waals surface area contributed by atoms with Crippen molar-refractivity contribution in [1.82, 2.24) is 4.90 Å². The Hall–Kier alpha value is -1.95. The van der Waals surface area contributed by atoms with Crippen LogP contribution in [0.15, 0.2) is 18.2 Å². The van der Waals surface area contributed by atoms with E-state index in [2.05, 4.69) is 0 Å². The number of benzene rings is 1. The van der Waals surface area contributed by atoms with E-state index < -0.39 is 17.7 Å². The number of carbonyl (C=O) groups excluding carboxylic acids is 1. The number of piperidine rings is 1. The Balaban J connectivity index is 2.15. The zero-order chi connectivity index (χ0) is 15.4. The molecule has 0 aliphatic carbocycles. The summed E-state index contributed by atoms with van der Waals surface area (Å²) in [5, 5.41) is 9.05. The van der Waals surface area contributed by atoms with Gasteiger partial charge in [-0.25, -0.2) is 4.39 Å². The fourth-order valence-corrected chi connectivity index (χ4v) is 2.52. The summed E-state index contributed by atoms with van der Waals surface area (Å²) in [5.41, 5.74) is 0.671. The maximum atomic E-state index is 13.5. The van der Waals surface area contributed by atoms with Crippen molar-refractivity contribution in [3.63, 3.8) is 0 Å². The van der Waals surface area contributed by atoms with Crippen molar-refractivity contribution < 1.29 is 23.8 Å². The molecule has 1 aromatic carbocycles. The molecular formula is C15H18FNO4. The number of nitrogens with zero attached hydrogens (tertiary/aromatic N) is 1. The second-order valence-electron chi connectivity index (χ2n) is 5.17. The number of methoxy groups -OCH3 is 1. The average molecular weight is 295 g/mol. The molecule has 1 aromatic rings. The molecule has 0 spiro atoms. The lowest BCUT2D eigenvalue weighted by molar-refractivity contribution is -0.143. The maximum Gasteiger partial charge on any atom is 0.308 e. The van der Waals surface area contributed by atoms with E-state index in [4.69, 9.17) is 9.84 Å². The molecule has 1 aliphatic rings. The topological polar surface area (TPSA) is 66.8 Å². The summed E-state index contributed by atoms with van der Waals surface area (Å²) in [4.78, 5) is 25.0. The molecule has 1 saturated heterocycles. The summed E-state index contributed by atoms with van der Waals surface area (Å²) < 4.78 is 18.4. The van der Waals surface area contributed by atoms with Crippen molar-refractivity contribution in [3.8, 4) is 0 Å². The van der Waals surface area contributed by atoms with E-state index in [0.717, 1.165) is 0 Å². The summed E-state index contributed by atoms with van der Waals surface area (Å²) >= 11 is 0. The summed E-state index contributed by atoms with van der Waals surface area (Å²) in [5.74, 6) is -2.10. The van der Waals surface area contributed by atoms with Crippen molar-refractivity contribution in [2.75, 3.05) is 20.2 Å². The van der Waals surface area contributed by atoms with Crippen LogP contribution in [-0.4, -0.2) is 42.1 Å². The highest BCUT2D eigenvalue weighted by Gasteiger charge is 2.28. The van der Waals surface area contributed by atoms with Crippen LogP contribution in [0.3, 0.4) is 0 Å². The number of hydrogen-bond donors (Lipinski definition) is 1. The molecule has 1 heterocycles. The van der Waals surface area contributed by atoms with Crippen LogP contribution in [0.25, 0.3) is 0 Å². The number of carboxylic acids is 1. The van der Waals surface area contributed by atoms with Gasteiger partial charge in [-0.3, -0.25) is 9.59 Å². The molecule has 114 valence electrons. The molecule has 1 atom stereocenters. The van der Waals surface area contributed by atoms with Gasteiger partial charge in [-0.2, -0.15) is 0 Å². The van der Waals surface area contributed by atoms with E-state index in [1.165, 1.54) is 30.2 Å². The van der Waals surface area contributed by atoms with Gasteiger partial charge in [0.05, 0.1) is 12.5 Å². The number of hydrogen-bond acceptors (Lipinski definition) is 3. The smallest absolute Gasteiger partial charge is 0.308 e. The Morgan fingerprint density at radius 2 is 2.24 bits per heavy atom. The second-order valence-corrected chi connectivity index (χ2v) is 5.17. The minimum atomic E-state index is -0.883. The highest BCUT2D eigenvalue weighted by Crippen LogP contribution is 2.20. The lowest BCUT2D eigenvalue weighted by Gasteiger charge is -2.30. The molecule has 0 aromatic heterocycles. The predicted molar refractivity (Wildman–Crippen MR) is 73.4 cm³/mol. The number of carboxylic acid groups (broad SMARTS) is 1. The molecule has 1 aliphatic heterocycles. The van der Waals surface area contributed by atoms with Crippen LogP contribution in [0.4, 0.5) is 4.39 Å². The van der Waals surface area contributed by atoms with Crippen LogP contribution in [0, 0.1) is 11.7 Å². The van der Waals surface area contributed by atoms with E-state index in [0.29, 0.717) is 30.5 Å². The maximum absolute atomic E-state index is 13.5. The van der Waals surface area contributed by atoms with Gasteiger partial charge in [0.25, 0.3) is 5.91 Å². The van der Waals surface area contributed by atoms with Crippen LogP contribution in [-0.2, 0) is 16.1 Å². The third-order valence-electron chi connectivity index (χ3n) is 3.65. The van der Waals surface area contributed by atoms with Gasteiger partial charge in [0, 0.05) is 31.3 Å². The Bertz CT molecular complexity index is 546. The van der Waals surface area contributed by atoms with Crippen LogP contribution >= 0.6 is 0 Å². The summed E-state index contributed by atoms with van der Waals surface area (Å²) in [6.45, 7) is 0.815. The third-order valence-corrected chi connectivity index (χ3v) is 3.65. The molecule has 1 fully saturated rings. The zero-order valence-electron chi connectivity index (χ0n) is 11.8. The first-order valence-corrected chi connectivity index (χ1v) is 6.82. The van der Waals surface area contributed by atoms with Crippen molar-refractivity contribution in [3.05, 3.63) is 35.1 Å². The first-order valence-electron chi connectivity index (χ1n) is 6.82. The van der Waals surface area contributed by atoms with Gasteiger partial charge >= 0.3 is 5.97 Å². The van der Waals surface area contributed by atoms with E-state index >= 15 is 0 Å². The molecule has 21 heavy (non-hydrogen) atoms. The minimum Gasteiger partial charge on any atom is -0.481 e. The molecule has 5 nitrogen and oxygen atoms in total. The number of carbonyl (C=O) groups is 2. The molecule has 0 unspecified atom stereocenters. The van der Waals surface area contributed by atoms with Crippen molar-refractivity contribution in [2.45, 2.75) is 19.4 Å². The Morgan fingerprint density at radius 3 is 2.90 bits per heavy atom. The molecule has 2 rings (SSSR count). The van der Waals surface area contributed by atoms with Crippen molar-refractivity contribution in [1.29, 1.82) is 0 Å². The second kappa shape index (κ2) is 6.67. The number of likely N-dealkylation sites (tertiary alicyclic amines) is 1. The fraction of sp³-hybridized carbons (Fsp3) is 0.467. The van der Waals surface area contributed by atoms with E-state index in [-0.39, 0.29) is 19.1 Å². The highest BCUT2D eigenvalue weighted by molar-refractivity contribution is 5.94. The number of halogens is 1. The van der Waals surface area contributed by atoms with Gasteiger partial charge in [0.2, 0.25) is 0 Å². The number of aliphatic carboxylic acids is 1. The Labute approximate surface area is 122 Å². The molecule has 0 bridgehead atoms. The minimum absolute atomic E-state index is 0.0880. The van der Waals surface area contributed by atoms with E-state index in [1.807, 2.05) is 0 Å². The monoisotopic (exact) mass is 295 g/mol. The van der Waals surface area contributed by atoms with Gasteiger partial charge in [-0.15, -0.1) is 0 Å². The first-order chi connectivity index (χ1) is 10.0. The third kappa shape index (κ3) is 3.58. The normalized spacial score (nSPS) is 18.6. The number of amides is 1. The van der Waals surface area contributed by atoms with Crippen LogP contribution in [0.1, 0.15) is 28.8 Å². The molecule has 1 amide bonds. The average Bonchev–Trinajstić information content (AvgIpc) is 2.49. The van der Waals surface area contributed by atoms with Crippen molar-refractivity contribution in [2.24, 2.45) is 5.92 Å². The zero-order valence-corrected chi connectivity index (χ0v) is 11.8. The summed E-state index contributed by atoms with van der Waals surface area (Å²) in [6, 6.07) is 4.12. The fourth-order valence-electron chi connectivity index (χ4n) is 2.52. The SMILES string of the molecule is COCc1cc(C(=O)N2CCC[C@@H](C(=O)O)C2)ccc1F.